The van der Waals surface area contributed by atoms with Gasteiger partial charge in [-0.1, -0.05) is 24.3 Å². The van der Waals surface area contributed by atoms with Crippen LogP contribution in [0, 0.1) is 0 Å². The molecule has 1 fully saturated rings. The van der Waals surface area contributed by atoms with Crippen LogP contribution >= 0.6 is 0 Å². The number of carbonyl (C=O) groups excluding carboxylic acids is 1. The maximum Gasteiger partial charge on any atom is 0.417 e. The van der Waals surface area contributed by atoms with E-state index in [-0.39, 0.29) is 17.2 Å². The number of halogens is 3. The first kappa shape index (κ1) is 17.3. The predicted octanol–water partition coefficient (Wildman–Crippen LogP) is 4.43. The molecule has 0 unspecified atom stereocenters. The molecular weight excluding hydrogens is 331 g/mol. The van der Waals surface area contributed by atoms with Crippen LogP contribution < -0.4 is 0 Å². The molecule has 0 atom stereocenters. The van der Waals surface area contributed by atoms with E-state index in [1.165, 1.54) is 23.1 Å². The Kier molecular flexibility index (Phi) is 4.70. The van der Waals surface area contributed by atoms with Gasteiger partial charge in [-0.25, -0.2) is 0 Å². The maximum absolute atomic E-state index is 13.1. The van der Waals surface area contributed by atoms with Crippen LogP contribution in [0.15, 0.2) is 48.5 Å². The van der Waals surface area contributed by atoms with Gasteiger partial charge in [0.25, 0.3) is 5.91 Å². The van der Waals surface area contributed by atoms with Crippen LogP contribution in [0.4, 0.5) is 13.2 Å². The van der Waals surface area contributed by atoms with E-state index in [1.54, 1.807) is 12.1 Å². The van der Waals surface area contributed by atoms with Crippen LogP contribution in [-0.4, -0.2) is 29.0 Å². The molecule has 3 nitrogen and oxygen atoms in total. The van der Waals surface area contributed by atoms with Crippen LogP contribution in [0.2, 0.25) is 0 Å². The summed E-state index contributed by atoms with van der Waals surface area (Å²) in [6.07, 6.45) is -3.17. The van der Waals surface area contributed by atoms with Crippen molar-refractivity contribution in [3.63, 3.8) is 0 Å². The van der Waals surface area contributed by atoms with E-state index in [4.69, 9.17) is 0 Å². The lowest BCUT2D eigenvalue weighted by Crippen LogP contribution is -2.38. The number of piperidine rings is 1. The minimum Gasteiger partial charge on any atom is -0.508 e. The molecule has 0 aliphatic carbocycles. The summed E-state index contributed by atoms with van der Waals surface area (Å²) >= 11 is 0. The fourth-order valence-corrected chi connectivity index (χ4v) is 3.25. The second-order valence-corrected chi connectivity index (χ2v) is 6.20. The van der Waals surface area contributed by atoms with Crippen LogP contribution in [-0.2, 0) is 6.18 Å². The summed E-state index contributed by atoms with van der Waals surface area (Å²) in [6.45, 7) is 0.827. The Labute approximate surface area is 143 Å². The van der Waals surface area contributed by atoms with Crippen molar-refractivity contribution in [3.05, 3.63) is 65.2 Å². The number of rotatable bonds is 2. The van der Waals surface area contributed by atoms with Crippen LogP contribution in [0.25, 0.3) is 0 Å². The van der Waals surface area contributed by atoms with Crippen molar-refractivity contribution in [1.29, 1.82) is 0 Å². The summed E-state index contributed by atoms with van der Waals surface area (Å²) in [5.41, 5.74) is -0.112. The Bertz CT molecular complexity index is 748. The number of carbonyl (C=O) groups is 1. The van der Waals surface area contributed by atoms with E-state index in [0.717, 1.165) is 11.6 Å². The van der Waals surface area contributed by atoms with Crippen molar-refractivity contribution < 1.29 is 23.1 Å². The Hall–Kier alpha value is -2.50. The summed E-state index contributed by atoms with van der Waals surface area (Å²) in [5, 5.41) is 9.34. The van der Waals surface area contributed by atoms with Gasteiger partial charge in [0.1, 0.15) is 5.75 Å². The largest absolute Gasteiger partial charge is 0.508 e. The van der Waals surface area contributed by atoms with Gasteiger partial charge in [0, 0.05) is 13.1 Å². The molecular formula is C19H18F3NO2. The van der Waals surface area contributed by atoms with Crippen LogP contribution in [0.1, 0.15) is 40.2 Å². The van der Waals surface area contributed by atoms with Crippen molar-refractivity contribution in [3.8, 4) is 5.75 Å². The second kappa shape index (κ2) is 6.78. The Morgan fingerprint density at radius 3 is 2.20 bits per heavy atom. The molecule has 1 saturated heterocycles. The first-order valence-corrected chi connectivity index (χ1v) is 8.10. The molecule has 1 aliphatic heterocycles. The third kappa shape index (κ3) is 3.78. The molecule has 3 rings (SSSR count). The van der Waals surface area contributed by atoms with Gasteiger partial charge >= 0.3 is 6.18 Å². The summed E-state index contributed by atoms with van der Waals surface area (Å²) in [5.74, 6) is -0.139. The summed E-state index contributed by atoms with van der Waals surface area (Å²) in [7, 11) is 0. The first-order chi connectivity index (χ1) is 11.9. The smallest absolute Gasteiger partial charge is 0.417 e. The average molecular weight is 349 g/mol. The summed E-state index contributed by atoms with van der Waals surface area (Å²) < 4.78 is 39.3. The molecule has 25 heavy (non-hydrogen) atoms. The van der Waals surface area contributed by atoms with E-state index in [1.807, 2.05) is 12.1 Å². The number of aromatic hydroxyl groups is 1. The van der Waals surface area contributed by atoms with Gasteiger partial charge in [0.15, 0.2) is 0 Å². The molecule has 0 bridgehead atoms. The van der Waals surface area contributed by atoms with Crippen LogP contribution in [0.3, 0.4) is 0 Å². The van der Waals surface area contributed by atoms with Gasteiger partial charge < -0.3 is 10.0 Å². The highest BCUT2D eigenvalue weighted by Gasteiger charge is 2.36. The van der Waals surface area contributed by atoms with E-state index in [9.17, 15) is 23.1 Å². The molecule has 2 aromatic rings. The van der Waals surface area contributed by atoms with E-state index < -0.39 is 17.6 Å². The first-order valence-electron chi connectivity index (χ1n) is 8.10. The van der Waals surface area contributed by atoms with E-state index in [0.29, 0.717) is 25.9 Å². The molecule has 1 heterocycles. The minimum atomic E-state index is -4.55. The lowest BCUT2D eigenvalue weighted by Gasteiger charge is -2.32. The highest BCUT2D eigenvalue weighted by molar-refractivity contribution is 5.96. The molecule has 0 radical (unpaired) electrons. The Morgan fingerprint density at radius 1 is 1.00 bits per heavy atom. The van der Waals surface area contributed by atoms with Crippen molar-refractivity contribution in [1.82, 2.24) is 4.90 Å². The quantitative estimate of drug-likeness (QED) is 0.871. The zero-order valence-corrected chi connectivity index (χ0v) is 13.5. The topological polar surface area (TPSA) is 40.5 Å². The number of alkyl halides is 3. The highest BCUT2D eigenvalue weighted by Crippen LogP contribution is 2.34. The van der Waals surface area contributed by atoms with Gasteiger partial charge in [0.05, 0.1) is 11.1 Å². The van der Waals surface area contributed by atoms with Gasteiger partial charge in [-0.15, -0.1) is 0 Å². The minimum absolute atomic E-state index is 0.195. The van der Waals surface area contributed by atoms with Gasteiger partial charge in [-0.2, -0.15) is 13.2 Å². The molecule has 6 heteroatoms. The zero-order valence-electron chi connectivity index (χ0n) is 13.5. The number of likely N-dealkylation sites (tertiary alicyclic amines) is 1. The Morgan fingerprint density at radius 2 is 1.60 bits per heavy atom. The number of nitrogens with zero attached hydrogens (tertiary/aromatic N) is 1. The fourth-order valence-electron chi connectivity index (χ4n) is 3.25. The molecule has 1 amide bonds. The highest BCUT2D eigenvalue weighted by atomic mass is 19.4. The van der Waals surface area contributed by atoms with E-state index >= 15 is 0 Å². The van der Waals surface area contributed by atoms with Gasteiger partial charge in [-0.3, -0.25) is 4.79 Å². The third-order valence-corrected chi connectivity index (χ3v) is 4.61. The molecule has 1 N–H and O–H groups in total. The number of hydrogen-bond acceptors (Lipinski definition) is 2. The molecule has 1 aliphatic rings. The third-order valence-electron chi connectivity index (χ3n) is 4.61. The van der Waals surface area contributed by atoms with Crippen molar-refractivity contribution in [2.45, 2.75) is 24.9 Å². The molecule has 2 aromatic carbocycles. The van der Waals surface area contributed by atoms with Crippen molar-refractivity contribution in [2.75, 3.05) is 13.1 Å². The van der Waals surface area contributed by atoms with Crippen molar-refractivity contribution >= 4 is 5.91 Å². The fraction of sp³-hybridized carbons (Fsp3) is 0.316. The van der Waals surface area contributed by atoms with Crippen molar-refractivity contribution in [2.24, 2.45) is 0 Å². The zero-order chi connectivity index (χ0) is 18.0. The lowest BCUT2D eigenvalue weighted by atomic mass is 9.89. The number of amides is 1. The number of phenols is 1. The monoisotopic (exact) mass is 349 g/mol. The number of phenolic OH excluding ortho intramolecular Hbond substituents is 1. The van der Waals surface area contributed by atoms with Gasteiger partial charge in [-0.05, 0) is 48.6 Å². The summed E-state index contributed by atoms with van der Waals surface area (Å²) in [4.78, 5) is 14.0. The van der Waals surface area contributed by atoms with Gasteiger partial charge in [0.2, 0.25) is 0 Å². The normalized spacial score (nSPS) is 16.0. The lowest BCUT2D eigenvalue weighted by molar-refractivity contribution is -0.138. The average Bonchev–Trinajstić information content (AvgIpc) is 2.61. The Balaban J connectivity index is 1.71. The maximum atomic E-state index is 13.1. The number of benzene rings is 2. The standard InChI is InChI=1S/C19H18F3NO2/c20-19(21,22)17-4-2-1-3-16(17)18(25)23-11-9-14(10-12-23)13-5-7-15(24)8-6-13/h1-8,14,24H,9-12H2. The molecule has 0 saturated carbocycles. The molecule has 0 aromatic heterocycles. The SMILES string of the molecule is O=C(c1ccccc1C(F)(F)F)N1CCC(c2ccc(O)cc2)CC1. The number of hydrogen-bond donors (Lipinski definition) is 1. The van der Waals surface area contributed by atoms with Crippen LogP contribution in [0.5, 0.6) is 5.75 Å². The molecule has 0 spiro atoms. The second-order valence-electron chi connectivity index (χ2n) is 6.20. The molecule has 132 valence electrons. The summed E-state index contributed by atoms with van der Waals surface area (Å²) in [6, 6.07) is 11.8. The van der Waals surface area contributed by atoms with E-state index in [2.05, 4.69) is 0 Å². The predicted molar refractivity (Wildman–Crippen MR) is 87.4 cm³/mol.